The maximum Gasteiger partial charge on any atom is 0.326 e. The lowest BCUT2D eigenvalue weighted by atomic mass is 10.2. The topological polar surface area (TPSA) is 70.5 Å². The van der Waals surface area contributed by atoms with Crippen molar-refractivity contribution in [2.24, 2.45) is 0 Å². The first-order chi connectivity index (χ1) is 8.41. The zero-order chi connectivity index (χ0) is 13.7. The summed E-state index contributed by atoms with van der Waals surface area (Å²) in [5.74, 6) is -1.13. The monoisotopic (exact) mass is 270 g/mol. The van der Waals surface area contributed by atoms with Crippen LogP contribution in [0.25, 0.3) is 0 Å². The van der Waals surface area contributed by atoms with Gasteiger partial charge in [-0.3, -0.25) is 4.79 Å². The lowest BCUT2D eigenvalue weighted by molar-refractivity contribution is -0.148. The molecule has 1 unspecified atom stereocenters. The van der Waals surface area contributed by atoms with E-state index >= 15 is 0 Å². The first-order valence-electron chi connectivity index (χ1n) is 5.81. The van der Waals surface area contributed by atoms with Crippen LogP contribution in [-0.4, -0.2) is 40.0 Å². The third-order valence-corrected chi connectivity index (χ3v) is 3.81. The molecule has 1 amide bonds. The minimum absolute atomic E-state index is 0.141. The molecule has 1 N–H and O–H groups in total. The molecule has 0 saturated carbocycles. The highest BCUT2D eigenvalue weighted by Crippen LogP contribution is 2.12. The number of hydrogen-bond donors (Lipinski definition) is 1. The number of aromatic nitrogens is 1. The Labute approximate surface area is 110 Å². The van der Waals surface area contributed by atoms with E-state index in [2.05, 4.69) is 4.98 Å². The fraction of sp³-hybridized carbons (Fsp3) is 0.583. The molecule has 18 heavy (non-hydrogen) atoms. The minimum atomic E-state index is -0.985. The molecule has 5 nitrogen and oxygen atoms in total. The highest BCUT2D eigenvalue weighted by Gasteiger charge is 2.20. The van der Waals surface area contributed by atoms with Gasteiger partial charge in [-0.1, -0.05) is 0 Å². The Balaban J connectivity index is 2.35. The number of carboxylic acids is 1. The van der Waals surface area contributed by atoms with Gasteiger partial charge in [-0.25, -0.2) is 9.78 Å². The Morgan fingerprint density at radius 3 is 2.72 bits per heavy atom. The van der Waals surface area contributed by atoms with Crippen molar-refractivity contribution in [3.63, 3.8) is 0 Å². The average Bonchev–Trinajstić information content (AvgIpc) is 2.72. The molecular weight excluding hydrogens is 252 g/mol. The zero-order valence-corrected chi connectivity index (χ0v) is 11.7. The molecule has 1 aromatic heterocycles. The van der Waals surface area contributed by atoms with Crippen molar-refractivity contribution < 1.29 is 14.7 Å². The molecule has 100 valence electrons. The molecule has 0 aliphatic heterocycles. The molecule has 0 aromatic carbocycles. The number of carboxylic acid groups (broad SMARTS) is 1. The molecule has 0 radical (unpaired) electrons. The van der Waals surface area contributed by atoms with Gasteiger partial charge in [-0.15, -0.1) is 11.3 Å². The molecule has 1 aromatic rings. The smallest absolute Gasteiger partial charge is 0.326 e. The summed E-state index contributed by atoms with van der Waals surface area (Å²) in [6.45, 7) is 3.44. The summed E-state index contributed by atoms with van der Waals surface area (Å²) in [4.78, 5) is 28.1. The fourth-order valence-electron chi connectivity index (χ4n) is 1.47. The number of hydrogen-bond acceptors (Lipinski definition) is 4. The first kappa shape index (κ1) is 14.6. The van der Waals surface area contributed by atoms with Gasteiger partial charge in [0.05, 0.1) is 5.01 Å². The van der Waals surface area contributed by atoms with E-state index in [1.165, 1.54) is 18.9 Å². The van der Waals surface area contributed by atoms with Crippen molar-refractivity contribution in [3.05, 3.63) is 16.1 Å². The molecule has 0 bridgehead atoms. The number of aliphatic carboxylic acids is 1. The first-order valence-corrected chi connectivity index (χ1v) is 6.69. The second-order valence-corrected chi connectivity index (χ2v) is 5.20. The van der Waals surface area contributed by atoms with Crippen LogP contribution in [0, 0.1) is 6.92 Å². The van der Waals surface area contributed by atoms with E-state index in [0.717, 1.165) is 17.1 Å². The number of likely N-dealkylation sites (N-methyl/N-ethyl adjacent to an activating group) is 1. The van der Waals surface area contributed by atoms with Gasteiger partial charge in [0.2, 0.25) is 5.91 Å². The predicted octanol–water partition coefficient (Wildman–Crippen LogP) is 1.71. The largest absolute Gasteiger partial charge is 0.480 e. The Morgan fingerprint density at radius 1 is 1.56 bits per heavy atom. The van der Waals surface area contributed by atoms with Gasteiger partial charge < -0.3 is 10.0 Å². The summed E-state index contributed by atoms with van der Waals surface area (Å²) < 4.78 is 0. The van der Waals surface area contributed by atoms with Crippen LogP contribution in [0.3, 0.4) is 0 Å². The van der Waals surface area contributed by atoms with E-state index < -0.39 is 12.0 Å². The van der Waals surface area contributed by atoms with E-state index in [0.29, 0.717) is 12.8 Å². The van der Waals surface area contributed by atoms with Crippen LogP contribution < -0.4 is 0 Å². The van der Waals surface area contributed by atoms with Crippen molar-refractivity contribution in [2.75, 3.05) is 7.05 Å². The number of carbonyl (C=O) groups is 2. The van der Waals surface area contributed by atoms with Crippen molar-refractivity contribution >= 4 is 23.2 Å². The van der Waals surface area contributed by atoms with Gasteiger partial charge in [0.15, 0.2) is 0 Å². The summed E-state index contributed by atoms with van der Waals surface area (Å²) in [6, 6.07) is -0.778. The summed E-state index contributed by atoms with van der Waals surface area (Å²) in [5, 5.41) is 11.8. The number of amides is 1. The van der Waals surface area contributed by atoms with Gasteiger partial charge in [0.1, 0.15) is 6.04 Å². The van der Waals surface area contributed by atoms with Gasteiger partial charge in [0.25, 0.3) is 0 Å². The minimum Gasteiger partial charge on any atom is -0.480 e. The van der Waals surface area contributed by atoms with Gasteiger partial charge in [0, 0.05) is 24.5 Å². The van der Waals surface area contributed by atoms with Crippen LogP contribution in [0.5, 0.6) is 0 Å². The van der Waals surface area contributed by atoms with Crippen molar-refractivity contribution in [2.45, 2.75) is 39.2 Å². The zero-order valence-electron chi connectivity index (χ0n) is 10.8. The molecule has 0 aliphatic carbocycles. The highest BCUT2D eigenvalue weighted by atomic mass is 32.1. The number of thiazole rings is 1. The van der Waals surface area contributed by atoms with Crippen molar-refractivity contribution in [1.29, 1.82) is 0 Å². The van der Waals surface area contributed by atoms with E-state index in [-0.39, 0.29) is 5.91 Å². The molecule has 0 aliphatic rings. The van der Waals surface area contributed by atoms with Gasteiger partial charge in [-0.05, 0) is 26.7 Å². The van der Waals surface area contributed by atoms with E-state index in [1.807, 2.05) is 12.3 Å². The van der Waals surface area contributed by atoms with Crippen LogP contribution in [0.15, 0.2) is 5.38 Å². The second kappa shape index (κ2) is 6.49. The third kappa shape index (κ3) is 4.10. The lowest BCUT2D eigenvalue weighted by Crippen LogP contribution is -2.40. The predicted molar refractivity (Wildman–Crippen MR) is 69.7 cm³/mol. The van der Waals surface area contributed by atoms with E-state index in [1.54, 1.807) is 11.3 Å². The molecule has 0 fully saturated rings. The standard InChI is InChI=1S/C12H18N2O3S/c1-8-7-18-10(13-8)5-4-6-11(15)14(3)9(2)12(16)17/h7,9H,4-6H2,1-3H3,(H,16,17). The summed E-state index contributed by atoms with van der Waals surface area (Å²) in [6.07, 6.45) is 1.81. The van der Waals surface area contributed by atoms with Crippen LogP contribution in [0.4, 0.5) is 0 Å². The third-order valence-electron chi connectivity index (χ3n) is 2.78. The van der Waals surface area contributed by atoms with Crippen molar-refractivity contribution in [3.8, 4) is 0 Å². The van der Waals surface area contributed by atoms with E-state index in [9.17, 15) is 9.59 Å². The lowest BCUT2D eigenvalue weighted by Gasteiger charge is -2.21. The molecule has 1 atom stereocenters. The molecule has 6 heteroatoms. The Bertz CT molecular complexity index is 431. The molecule has 1 rings (SSSR count). The number of nitrogens with zero attached hydrogens (tertiary/aromatic N) is 2. The summed E-state index contributed by atoms with van der Waals surface area (Å²) in [5.41, 5.74) is 0.998. The second-order valence-electron chi connectivity index (χ2n) is 4.26. The van der Waals surface area contributed by atoms with E-state index in [4.69, 9.17) is 5.11 Å². The average molecular weight is 270 g/mol. The highest BCUT2D eigenvalue weighted by molar-refractivity contribution is 7.09. The number of rotatable bonds is 6. The normalized spacial score (nSPS) is 12.2. The Morgan fingerprint density at radius 2 is 2.22 bits per heavy atom. The maximum atomic E-state index is 11.7. The number of aryl methyl sites for hydroxylation is 2. The van der Waals surface area contributed by atoms with Crippen molar-refractivity contribution in [1.82, 2.24) is 9.88 Å². The molecular formula is C12H18N2O3S. The van der Waals surface area contributed by atoms with Crippen LogP contribution >= 0.6 is 11.3 Å². The van der Waals surface area contributed by atoms with Crippen LogP contribution in [0.1, 0.15) is 30.5 Å². The molecule has 1 heterocycles. The molecule has 0 saturated heterocycles. The Hall–Kier alpha value is -1.43. The quantitative estimate of drug-likeness (QED) is 0.854. The Kier molecular flexibility index (Phi) is 5.27. The number of carbonyl (C=O) groups excluding carboxylic acids is 1. The summed E-state index contributed by atoms with van der Waals surface area (Å²) >= 11 is 1.59. The van der Waals surface area contributed by atoms with Crippen LogP contribution in [-0.2, 0) is 16.0 Å². The molecule has 0 spiro atoms. The SMILES string of the molecule is Cc1csc(CCCC(=O)N(C)C(C)C(=O)O)n1. The maximum absolute atomic E-state index is 11.7. The van der Waals surface area contributed by atoms with Crippen LogP contribution in [0.2, 0.25) is 0 Å². The van der Waals surface area contributed by atoms with Gasteiger partial charge in [-0.2, -0.15) is 0 Å². The summed E-state index contributed by atoms with van der Waals surface area (Å²) in [7, 11) is 1.52. The van der Waals surface area contributed by atoms with Gasteiger partial charge >= 0.3 is 5.97 Å². The fourth-order valence-corrected chi connectivity index (χ4v) is 2.28.